The van der Waals surface area contributed by atoms with Gasteiger partial charge in [0.1, 0.15) is 19.8 Å². The number of nitrogens with zero attached hydrogens (tertiary/aromatic N) is 1. The minimum Gasteiger partial charge on any atom is -0.462 e. The number of allylic oxidation sites excluding steroid dienone is 4. The third-order valence-electron chi connectivity index (χ3n) is 13.2. The van der Waals surface area contributed by atoms with Gasteiger partial charge in [0.25, 0.3) is 0 Å². The van der Waals surface area contributed by atoms with Gasteiger partial charge >= 0.3 is 19.8 Å². The van der Waals surface area contributed by atoms with Gasteiger partial charge in [-0.25, -0.2) is 4.57 Å². The summed E-state index contributed by atoms with van der Waals surface area (Å²) in [5, 5.41) is 0. The van der Waals surface area contributed by atoms with E-state index in [0.717, 1.165) is 57.8 Å². The summed E-state index contributed by atoms with van der Waals surface area (Å²) in [5.74, 6) is -0.798. The molecular weight excluding hydrogens is 882 g/mol. The predicted molar refractivity (Wildman–Crippen MR) is 294 cm³/mol. The average Bonchev–Trinajstić information content (AvgIpc) is 3.31. The molecule has 0 rings (SSSR count). The first-order chi connectivity index (χ1) is 33.5. The lowest BCUT2D eigenvalue weighted by Crippen LogP contribution is -2.37. The Balaban J connectivity index is 3.87. The number of hydrogen-bond acceptors (Lipinski definition) is 7. The van der Waals surface area contributed by atoms with Crippen LogP contribution in [-0.2, 0) is 32.7 Å². The number of phosphoric acid groups is 1. The molecule has 0 spiro atoms. The van der Waals surface area contributed by atoms with Gasteiger partial charge in [-0.05, 0) is 57.8 Å². The molecule has 0 aromatic heterocycles. The smallest absolute Gasteiger partial charge is 0.462 e. The number of esters is 2. The number of carbonyl (C=O) groups is 2. The first-order valence-electron chi connectivity index (χ1n) is 29.6. The van der Waals surface area contributed by atoms with Crippen LogP contribution < -0.4 is 0 Å². The molecule has 2 atom stereocenters. The highest BCUT2D eigenvalue weighted by Gasteiger charge is 2.27. The quantitative estimate of drug-likeness (QED) is 0.0211. The van der Waals surface area contributed by atoms with Crippen molar-refractivity contribution >= 4 is 19.8 Å². The zero-order chi connectivity index (χ0) is 50.6. The maximum absolute atomic E-state index is 12.8. The molecule has 0 aliphatic carbocycles. The number of hydrogen-bond donors (Lipinski definition) is 1. The molecule has 0 aromatic carbocycles. The van der Waals surface area contributed by atoms with Gasteiger partial charge in [-0.3, -0.25) is 18.6 Å². The third-order valence-corrected chi connectivity index (χ3v) is 14.2. The van der Waals surface area contributed by atoms with Gasteiger partial charge in [0.2, 0.25) is 0 Å². The lowest BCUT2D eigenvalue weighted by atomic mass is 10.0. The van der Waals surface area contributed by atoms with Gasteiger partial charge in [0.15, 0.2) is 6.10 Å². The van der Waals surface area contributed by atoms with E-state index in [1.165, 1.54) is 199 Å². The van der Waals surface area contributed by atoms with Crippen LogP contribution in [-0.4, -0.2) is 74.9 Å². The Hall–Kier alpha value is -1.51. The molecule has 0 saturated heterocycles. The van der Waals surface area contributed by atoms with E-state index < -0.39 is 26.5 Å². The highest BCUT2D eigenvalue weighted by atomic mass is 31.2. The van der Waals surface area contributed by atoms with E-state index in [0.29, 0.717) is 17.4 Å². The topological polar surface area (TPSA) is 108 Å². The van der Waals surface area contributed by atoms with Crippen LogP contribution in [0.1, 0.15) is 290 Å². The van der Waals surface area contributed by atoms with E-state index in [9.17, 15) is 19.0 Å². The average molecular weight is 998 g/mol. The number of ether oxygens (including phenoxy) is 2. The fourth-order valence-corrected chi connectivity index (χ4v) is 9.35. The Morgan fingerprint density at radius 3 is 1.13 bits per heavy atom. The summed E-state index contributed by atoms with van der Waals surface area (Å²) < 4.78 is 34.4. The van der Waals surface area contributed by atoms with Crippen molar-refractivity contribution in [2.75, 3.05) is 47.5 Å². The first kappa shape index (κ1) is 67.5. The fraction of sp³-hybridized carbons (Fsp3) is 0.898. The van der Waals surface area contributed by atoms with E-state index in [-0.39, 0.29) is 32.0 Å². The highest BCUT2D eigenvalue weighted by Crippen LogP contribution is 2.43. The summed E-state index contributed by atoms with van der Waals surface area (Å²) in [6, 6.07) is 0. The maximum atomic E-state index is 12.8. The maximum Gasteiger partial charge on any atom is 0.472 e. The molecule has 69 heavy (non-hydrogen) atoms. The minimum atomic E-state index is -4.38. The van der Waals surface area contributed by atoms with Crippen molar-refractivity contribution in [1.29, 1.82) is 0 Å². The van der Waals surface area contributed by atoms with E-state index >= 15 is 0 Å². The number of carbonyl (C=O) groups excluding carboxylic acids is 2. The normalized spacial score (nSPS) is 13.4. The van der Waals surface area contributed by atoms with E-state index in [4.69, 9.17) is 18.5 Å². The SMILES string of the molecule is CCC/C=C\CCCCCCCC(=O)OCC(COP(=O)(O)OCC[N+](C)(C)C)OC(=O)CCCCCCCCCCCCCCCCCCCCCCCCC/C=C\CCCCCCCCCC. The Kier molecular flexibility index (Phi) is 50.3. The summed E-state index contributed by atoms with van der Waals surface area (Å²) in [4.78, 5) is 35.5. The zero-order valence-electron chi connectivity index (χ0n) is 46.3. The van der Waals surface area contributed by atoms with Crippen molar-refractivity contribution < 1.29 is 42.1 Å². The Morgan fingerprint density at radius 2 is 0.768 bits per heavy atom. The molecule has 0 fully saturated rings. The van der Waals surface area contributed by atoms with E-state index in [2.05, 4.69) is 38.2 Å². The second-order valence-electron chi connectivity index (χ2n) is 21.4. The molecule has 9 nitrogen and oxygen atoms in total. The molecule has 0 heterocycles. The number of quaternary nitrogens is 1. The number of unbranched alkanes of at least 4 members (excludes halogenated alkanes) is 37. The predicted octanol–water partition coefficient (Wildman–Crippen LogP) is 18.2. The van der Waals surface area contributed by atoms with Crippen LogP contribution in [0.25, 0.3) is 0 Å². The van der Waals surface area contributed by atoms with Crippen LogP contribution in [0.4, 0.5) is 0 Å². The summed E-state index contributed by atoms with van der Waals surface area (Å²) >= 11 is 0. The zero-order valence-corrected chi connectivity index (χ0v) is 47.2. The van der Waals surface area contributed by atoms with Crippen LogP contribution in [0.2, 0.25) is 0 Å². The molecule has 2 unspecified atom stereocenters. The molecule has 0 amide bonds. The molecule has 1 N–H and O–H groups in total. The number of rotatable bonds is 55. The van der Waals surface area contributed by atoms with E-state index in [1.807, 2.05) is 21.1 Å². The van der Waals surface area contributed by atoms with E-state index in [1.54, 1.807) is 0 Å². The van der Waals surface area contributed by atoms with Crippen molar-refractivity contribution in [3.8, 4) is 0 Å². The van der Waals surface area contributed by atoms with Gasteiger partial charge < -0.3 is 18.9 Å². The van der Waals surface area contributed by atoms with Gasteiger partial charge in [-0.1, -0.05) is 244 Å². The molecule has 0 aliphatic heterocycles. The molecule has 0 bridgehead atoms. The number of phosphoric ester groups is 1. The lowest BCUT2D eigenvalue weighted by Gasteiger charge is -2.24. The number of likely N-dealkylation sites (N-methyl/N-ethyl adjacent to an activating group) is 1. The Labute approximate surface area is 428 Å². The molecule has 10 heteroatoms. The van der Waals surface area contributed by atoms with Gasteiger partial charge in [-0.15, -0.1) is 0 Å². The van der Waals surface area contributed by atoms with Crippen molar-refractivity contribution in [3.63, 3.8) is 0 Å². The van der Waals surface area contributed by atoms with Crippen molar-refractivity contribution in [1.82, 2.24) is 0 Å². The van der Waals surface area contributed by atoms with Crippen molar-refractivity contribution in [3.05, 3.63) is 24.3 Å². The monoisotopic (exact) mass is 997 g/mol. The van der Waals surface area contributed by atoms with Crippen molar-refractivity contribution in [2.45, 2.75) is 296 Å². The van der Waals surface area contributed by atoms with Crippen LogP contribution in [0.15, 0.2) is 24.3 Å². The Morgan fingerprint density at radius 1 is 0.435 bits per heavy atom. The molecule has 0 saturated carbocycles. The van der Waals surface area contributed by atoms with Crippen molar-refractivity contribution in [2.24, 2.45) is 0 Å². The highest BCUT2D eigenvalue weighted by molar-refractivity contribution is 7.47. The van der Waals surface area contributed by atoms with Gasteiger partial charge in [0.05, 0.1) is 27.7 Å². The van der Waals surface area contributed by atoms with Crippen LogP contribution in [0.3, 0.4) is 0 Å². The summed E-state index contributed by atoms with van der Waals surface area (Å²) in [6.07, 6.45) is 61.5. The standard InChI is InChI=1S/C59H114NO8P/c1-6-8-10-12-14-16-18-19-20-21-22-23-24-25-26-27-28-29-30-31-32-33-34-35-36-37-38-39-40-41-42-44-46-48-50-52-59(62)68-57(56-67-69(63,64)66-54-53-60(3,4)5)55-65-58(61)51-49-47-45-43-17-15-13-11-9-7-2/h11,13,21-22,57H,6-10,12,14-20,23-56H2,1-5H3/p+1/b13-11-,22-21-. The van der Waals surface area contributed by atoms with Gasteiger partial charge in [-0.2, -0.15) is 0 Å². The lowest BCUT2D eigenvalue weighted by molar-refractivity contribution is -0.870. The molecule has 408 valence electrons. The van der Waals surface area contributed by atoms with Crippen LogP contribution in [0.5, 0.6) is 0 Å². The molecule has 0 aromatic rings. The summed E-state index contributed by atoms with van der Waals surface area (Å²) in [7, 11) is 1.48. The fourth-order valence-electron chi connectivity index (χ4n) is 8.60. The second-order valence-corrected chi connectivity index (χ2v) is 22.8. The largest absolute Gasteiger partial charge is 0.472 e. The molecule has 0 aliphatic rings. The summed E-state index contributed by atoms with van der Waals surface area (Å²) in [5.41, 5.74) is 0. The van der Waals surface area contributed by atoms with Crippen LogP contribution >= 0.6 is 7.82 Å². The van der Waals surface area contributed by atoms with Crippen LogP contribution in [0, 0.1) is 0 Å². The van der Waals surface area contributed by atoms with Gasteiger partial charge in [0, 0.05) is 12.8 Å². The minimum absolute atomic E-state index is 0.0329. The Bertz CT molecular complexity index is 1220. The summed E-state index contributed by atoms with van der Waals surface area (Å²) in [6.45, 7) is 4.39. The second kappa shape index (κ2) is 51.4. The molecular formula is C59H115NO8P+. The molecule has 0 radical (unpaired) electrons. The first-order valence-corrected chi connectivity index (χ1v) is 31.1. The third kappa shape index (κ3) is 55.7.